The van der Waals surface area contributed by atoms with Gasteiger partial charge in [-0.3, -0.25) is 4.68 Å². The minimum atomic E-state index is -0.289. The summed E-state index contributed by atoms with van der Waals surface area (Å²) in [5.74, 6) is 0.543. The minimum Gasteiger partial charge on any atom is -0.478 e. The van der Waals surface area contributed by atoms with E-state index in [1.807, 2.05) is 19.1 Å². The number of nitrogens with one attached hydrogen (secondary N) is 2. The first-order chi connectivity index (χ1) is 10.7. The van der Waals surface area contributed by atoms with Crippen molar-refractivity contribution in [3.8, 4) is 5.88 Å². The summed E-state index contributed by atoms with van der Waals surface area (Å²) in [6, 6.07) is 3.39. The van der Waals surface area contributed by atoms with Crippen LogP contribution < -0.4 is 15.4 Å². The highest BCUT2D eigenvalue weighted by atomic mass is 16.5. The van der Waals surface area contributed by atoms with E-state index in [2.05, 4.69) is 27.6 Å². The average molecular weight is 303 g/mol. The maximum Gasteiger partial charge on any atom is 0.319 e. The molecule has 0 aromatic carbocycles. The molecule has 2 aromatic heterocycles. The molecule has 118 valence electrons. The number of ether oxygens (including phenoxy) is 1. The molecule has 2 amide bonds. The third kappa shape index (κ3) is 4.47. The van der Waals surface area contributed by atoms with Crippen molar-refractivity contribution >= 4 is 11.7 Å². The lowest BCUT2D eigenvalue weighted by atomic mass is 10.2. The van der Waals surface area contributed by atoms with Crippen LogP contribution in [-0.4, -0.2) is 27.4 Å². The van der Waals surface area contributed by atoms with Crippen LogP contribution in [0.3, 0.4) is 0 Å². The van der Waals surface area contributed by atoms with Crippen molar-refractivity contribution in [2.75, 3.05) is 11.9 Å². The Kier molecular flexibility index (Phi) is 5.76. The monoisotopic (exact) mass is 303 g/mol. The normalized spacial score (nSPS) is 10.3. The fraction of sp³-hybridized carbons (Fsp3) is 0.400. The number of hydrogen-bond donors (Lipinski definition) is 2. The molecule has 0 unspecified atom stereocenters. The first kappa shape index (κ1) is 15.8. The van der Waals surface area contributed by atoms with E-state index in [1.54, 1.807) is 23.3 Å². The summed E-state index contributed by atoms with van der Waals surface area (Å²) in [5.41, 5.74) is 1.50. The first-order valence-corrected chi connectivity index (χ1v) is 7.37. The molecule has 0 aliphatic heterocycles. The third-order valence-electron chi connectivity index (χ3n) is 2.91. The number of carbonyl (C=O) groups excluding carboxylic acids is 1. The van der Waals surface area contributed by atoms with Gasteiger partial charge in [0.05, 0.1) is 18.5 Å². The Morgan fingerprint density at radius 3 is 3.05 bits per heavy atom. The maximum absolute atomic E-state index is 11.9. The van der Waals surface area contributed by atoms with Crippen LogP contribution >= 0.6 is 0 Å². The van der Waals surface area contributed by atoms with Crippen LogP contribution in [0.4, 0.5) is 10.5 Å². The van der Waals surface area contributed by atoms with E-state index >= 15 is 0 Å². The standard InChI is InChI=1S/C15H21N5O2/c1-3-8-20-11-13(10-18-20)19-15(21)17-9-12-6-5-7-16-14(12)22-4-2/h5-7,10-11H,3-4,8-9H2,1-2H3,(H2,17,19,21). The Morgan fingerprint density at radius 1 is 1.41 bits per heavy atom. The molecule has 22 heavy (non-hydrogen) atoms. The fourth-order valence-electron chi connectivity index (χ4n) is 1.96. The zero-order valence-electron chi connectivity index (χ0n) is 12.9. The molecule has 0 aliphatic carbocycles. The van der Waals surface area contributed by atoms with Gasteiger partial charge in [-0.1, -0.05) is 13.0 Å². The highest BCUT2D eigenvalue weighted by molar-refractivity contribution is 5.88. The van der Waals surface area contributed by atoms with Crippen LogP contribution in [0.25, 0.3) is 0 Å². The molecule has 0 saturated heterocycles. The number of urea groups is 1. The SMILES string of the molecule is CCCn1cc(NC(=O)NCc2cccnc2OCC)cn1. The number of aryl methyl sites for hydroxylation is 1. The summed E-state index contributed by atoms with van der Waals surface area (Å²) in [6.45, 7) is 5.68. The maximum atomic E-state index is 11.9. The molecule has 2 rings (SSSR count). The van der Waals surface area contributed by atoms with Crippen LogP contribution in [0.2, 0.25) is 0 Å². The molecule has 0 aliphatic rings. The van der Waals surface area contributed by atoms with Crippen LogP contribution in [-0.2, 0) is 13.1 Å². The summed E-state index contributed by atoms with van der Waals surface area (Å²) >= 11 is 0. The molecular formula is C15H21N5O2. The van der Waals surface area contributed by atoms with Gasteiger partial charge in [-0.05, 0) is 19.4 Å². The van der Waals surface area contributed by atoms with Gasteiger partial charge in [-0.2, -0.15) is 5.10 Å². The zero-order valence-corrected chi connectivity index (χ0v) is 12.9. The van der Waals surface area contributed by atoms with Crippen LogP contribution in [0.1, 0.15) is 25.8 Å². The Morgan fingerprint density at radius 2 is 2.27 bits per heavy atom. The molecule has 7 nitrogen and oxygen atoms in total. The van der Waals surface area contributed by atoms with Crippen molar-refractivity contribution < 1.29 is 9.53 Å². The number of nitrogens with zero attached hydrogens (tertiary/aromatic N) is 3. The second-order valence-corrected chi connectivity index (χ2v) is 4.70. The fourth-order valence-corrected chi connectivity index (χ4v) is 1.96. The summed E-state index contributed by atoms with van der Waals surface area (Å²) < 4.78 is 7.22. The van der Waals surface area contributed by atoms with Crippen molar-refractivity contribution in [2.45, 2.75) is 33.4 Å². The van der Waals surface area contributed by atoms with Crippen LogP contribution in [0.15, 0.2) is 30.7 Å². The van der Waals surface area contributed by atoms with Crippen LogP contribution in [0, 0.1) is 0 Å². The lowest BCUT2D eigenvalue weighted by Gasteiger charge is -2.10. The number of pyridine rings is 1. The van der Waals surface area contributed by atoms with E-state index in [4.69, 9.17) is 4.74 Å². The lowest BCUT2D eigenvalue weighted by Crippen LogP contribution is -2.28. The quantitative estimate of drug-likeness (QED) is 0.823. The summed E-state index contributed by atoms with van der Waals surface area (Å²) in [6.07, 6.45) is 6.09. The first-order valence-electron chi connectivity index (χ1n) is 7.37. The van der Waals surface area contributed by atoms with E-state index in [-0.39, 0.29) is 6.03 Å². The molecule has 0 atom stereocenters. The number of anilines is 1. The second kappa shape index (κ2) is 8.02. The van der Waals surface area contributed by atoms with Crippen molar-refractivity contribution in [2.24, 2.45) is 0 Å². The van der Waals surface area contributed by atoms with Gasteiger partial charge < -0.3 is 15.4 Å². The van der Waals surface area contributed by atoms with E-state index in [1.165, 1.54) is 0 Å². The summed E-state index contributed by atoms with van der Waals surface area (Å²) in [5, 5.41) is 9.69. The van der Waals surface area contributed by atoms with Crippen molar-refractivity contribution in [3.05, 3.63) is 36.3 Å². The van der Waals surface area contributed by atoms with Gasteiger partial charge in [0.15, 0.2) is 0 Å². The Labute approximate surface area is 129 Å². The third-order valence-corrected chi connectivity index (χ3v) is 2.91. The molecule has 0 fully saturated rings. The average Bonchev–Trinajstić information content (AvgIpc) is 2.94. The highest BCUT2D eigenvalue weighted by Gasteiger charge is 2.07. The van der Waals surface area contributed by atoms with Crippen LogP contribution in [0.5, 0.6) is 5.88 Å². The summed E-state index contributed by atoms with van der Waals surface area (Å²) in [4.78, 5) is 16.0. The predicted molar refractivity (Wildman–Crippen MR) is 83.8 cm³/mol. The number of rotatable bonds is 7. The Hall–Kier alpha value is -2.57. The van der Waals surface area contributed by atoms with Crippen molar-refractivity contribution in [1.29, 1.82) is 0 Å². The van der Waals surface area contributed by atoms with E-state index in [0.717, 1.165) is 18.5 Å². The minimum absolute atomic E-state index is 0.289. The number of carbonyl (C=O) groups is 1. The molecular weight excluding hydrogens is 282 g/mol. The number of hydrogen-bond acceptors (Lipinski definition) is 4. The van der Waals surface area contributed by atoms with Gasteiger partial charge in [-0.25, -0.2) is 9.78 Å². The molecule has 0 radical (unpaired) electrons. The molecule has 0 bridgehead atoms. The molecule has 7 heteroatoms. The van der Waals surface area contributed by atoms with Gasteiger partial charge in [-0.15, -0.1) is 0 Å². The number of amides is 2. The van der Waals surface area contributed by atoms with Crippen molar-refractivity contribution in [3.63, 3.8) is 0 Å². The Bertz CT molecular complexity index is 611. The second-order valence-electron chi connectivity index (χ2n) is 4.70. The summed E-state index contributed by atoms with van der Waals surface area (Å²) in [7, 11) is 0. The van der Waals surface area contributed by atoms with Gasteiger partial charge in [0, 0.05) is 31.0 Å². The smallest absolute Gasteiger partial charge is 0.319 e. The highest BCUT2D eigenvalue weighted by Crippen LogP contribution is 2.13. The molecule has 0 spiro atoms. The van der Waals surface area contributed by atoms with E-state index in [0.29, 0.717) is 24.7 Å². The van der Waals surface area contributed by atoms with Gasteiger partial charge in [0.25, 0.3) is 0 Å². The topological polar surface area (TPSA) is 81.1 Å². The predicted octanol–water partition coefficient (Wildman–Crippen LogP) is 2.41. The Balaban J connectivity index is 1.87. The molecule has 2 N–H and O–H groups in total. The molecule has 2 aromatic rings. The van der Waals surface area contributed by atoms with Crippen molar-refractivity contribution in [1.82, 2.24) is 20.1 Å². The van der Waals surface area contributed by atoms with Gasteiger partial charge in [0.1, 0.15) is 0 Å². The van der Waals surface area contributed by atoms with E-state index < -0.39 is 0 Å². The van der Waals surface area contributed by atoms with Gasteiger partial charge in [0.2, 0.25) is 5.88 Å². The largest absolute Gasteiger partial charge is 0.478 e. The molecule has 2 heterocycles. The number of aromatic nitrogens is 3. The zero-order chi connectivity index (χ0) is 15.8. The van der Waals surface area contributed by atoms with Gasteiger partial charge >= 0.3 is 6.03 Å². The lowest BCUT2D eigenvalue weighted by molar-refractivity contribution is 0.251. The molecule has 0 saturated carbocycles. The van der Waals surface area contributed by atoms with E-state index in [9.17, 15) is 4.79 Å².